The van der Waals surface area contributed by atoms with E-state index in [1.807, 2.05) is 31.2 Å². The standard InChI is InChI=1S/C28H35NO4/c1-20(27(30)33-21-12-3-2-4-13-21)11-9-10-18-29-28(31)32-19-26-24-16-7-5-14-22(24)23-15-6-8-17-25(23)26/h5-8,14-17,20-21,26H,2-4,9-13,18-19H2,1H3,(H,29,31)/t20-/m0/s1. The number of esters is 1. The number of fused-ring (bicyclic) bond motifs is 3. The van der Waals surface area contributed by atoms with Crippen molar-refractivity contribution in [2.24, 2.45) is 5.92 Å². The summed E-state index contributed by atoms with van der Waals surface area (Å²) < 4.78 is 11.2. The molecule has 2 aliphatic rings. The van der Waals surface area contributed by atoms with Crippen LogP contribution < -0.4 is 5.32 Å². The van der Waals surface area contributed by atoms with E-state index in [0.29, 0.717) is 13.2 Å². The second kappa shape index (κ2) is 11.4. The highest BCUT2D eigenvalue weighted by Crippen LogP contribution is 2.44. The van der Waals surface area contributed by atoms with Gasteiger partial charge < -0.3 is 14.8 Å². The third-order valence-corrected chi connectivity index (χ3v) is 6.91. The maximum absolute atomic E-state index is 12.3. The minimum atomic E-state index is -0.387. The van der Waals surface area contributed by atoms with Crippen molar-refractivity contribution in [2.75, 3.05) is 13.2 Å². The zero-order chi connectivity index (χ0) is 23.0. The van der Waals surface area contributed by atoms with Crippen LogP contribution in [0.4, 0.5) is 4.79 Å². The number of carbonyl (C=O) groups is 2. The Morgan fingerprint density at radius 3 is 2.24 bits per heavy atom. The molecule has 33 heavy (non-hydrogen) atoms. The second-order valence-corrected chi connectivity index (χ2v) is 9.35. The van der Waals surface area contributed by atoms with Crippen molar-refractivity contribution in [2.45, 2.75) is 70.3 Å². The summed E-state index contributed by atoms with van der Waals surface area (Å²) in [4.78, 5) is 24.5. The van der Waals surface area contributed by atoms with Crippen molar-refractivity contribution in [1.29, 1.82) is 0 Å². The molecule has 0 aromatic heterocycles. The Morgan fingerprint density at radius 2 is 1.58 bits per heavy atom. The fraction of sp³-hybridized carbons (Fsp3) is 0.500. The van der Waals surface area contributed by atoms with Crippen molar-refractivity contribution in [3.63, 3.8) is 0 Å². The summed E-state index contributed by atoms with van der Waals surface area (Å²) in [5.74, 6) is -0.105. The number of benzene rings is 2. The number of alkyl carbamates (subject to hydrolysis) is 1. The molecule has 2 aromatic carbocycles. The zero-order valence-corrected chi connectivity index (χ0v) is 19.6. The van der Waals surface area contributed by atoms with Gasteiger partial charge in [-0.25, -0.2) is 4.79 Å². The Kier molecular flexibility index (Phi) is 8.03. The van der Waals surface area contributed by atoms with Crippen LogP contribution in [-0.4, -0.2) is 31.3 Å². The molecule has 1 amide bonds. The molecule has 0 aliphatic heterocycles. The predicted molar refractivity (Wildman–Crippen MR) is 129 cm³/mol. The first-order valence-electron chi connectivity index (χ1n) is 12.4. The molecule has 5 heteroatoms. The molecule has 5 nitrogen and oxygen atoms in total. The third-order valence-electron chi connectivity index (χ3n) is 6.91. The molecule has 0 heterocycles. The van der Waals surface area contributed by atoms with Gasteiger partial charge in [0.2, 0.25) is 0 Å². The molecule has 0 saturated heterocycles. The van der Waals surface area contributed by atoms with Gasteiger partial charge >= 0.3 is 12.1 Å². The van der Waals surface area contributed by atoms with E-state index >= 15 is 0 Å². The van der Waals surface area contributed by atoms with Crippen LogP contribution in [0.2, 0.25) is 0 Å². The van der Waals surface area contributed by atoms with Gasteiger partial charge in [-0.1, -0.05) is 68.3 Å². The van der Waals surface area contributed by atoms with Gasteiger partial charge in [-0.05, 0) is 60.8 Å². The number of unbranched alkanes of at least 4 members (excludes halogenated alkanes) is 1. The number of rotatable bonds is 9. The average Bonchev–Trinajstić information content (AvgIpc) is 3.16. The van der Waals surface area contributed by atoms with Crippen LogP contribution >= 0.6 is 0 Å². The molecule has 0 unspecified atom stereocenters. The third kappa shape index (κ3) is 5.95. The molecular formula is C28H35NO4. The highest BCUT2D eigenvalue weighted by Gasteiger charge is 2.29. The minimum Gasteiger partial charge on any atom is -0.462 e. The Morgan fingerprint density at radius 1 is 0.939 bits per heavy atom. The van der Waals surface area contributed by atoms with Gasteiger partial charge in [-0.15, -0.1) is 0 Å². The number of carbonyl (C=O) groups excluding carboxylic acids is 2. The Hall–Kier alpha value is -2.82. The zero-order valence-electron chi connectivity index (χ0n) is 19.6. The van der Waals surface area contributed by atoms with Crippen molar-refractivity contribution in [3.05, 3.63) is 59.7 Å². The smallest absolute Gasteiger partial charge is 0.407 e. The summed E-state index contributed by atoms with van der Waals surface area (Å²) in [6.45, 7) is 2.80. The molecule has 176 valence electrons. The molecule has 0 spiro atoms. The first kappa shape index (κ1) is 23.3. The van der Waals surface area contributed by atoms with Gasteiger partial charge in [0.25, 0.3) is 0 Å². The van der Waals surface area contributed by atoms with Gasteiger partial charge in [0.15, 0.2) is 0 Å². The minimum absolute atomic E-state index is 0.0687. The van der Waals surface area contributed by atoms with E-state index in [0.717, 1.165) is 44.9 Å². The topological polar surface area (TPSA) is 64.6 Å². The van der Waals surface area contributed by atoms with Gasteiger partial charge in [-0.2, -0.15) is 0 Å². The van der Waals surface area contributed by atoms with E-state index in [1.165, 1.54) is 28.7 Å². The lowest BCUT2D eigenvalue weighted by Gasteiger charge is -2.23. The lowest BCUT2D eigenvalue weighted by molar-refractivity contribution is -0.155. The van der Waals surface area contributed by atoms with E-state index < -0.39 is 0 Å². The van der Waals surface area contributed by atoms with Crippen LogP contribution in [0.25, 0.3) is 11.1 Å². The Labute approximate surface area is 196 Å². The fourth-order valence-corrected chi connectivity index (χ4v) is 5.00. The van der Waals surface area contributed by atoms with Crippen LogP contribution in [0.3, 0.4) is 0 Å². The van der Waals surface area contributed by atoms with E-state index in [9.17, 15) is 9.59 Å². The molecule has 0 radical (unpaired) electrons. The molecular weight excluding hydrogens is 414 g/mol. The Balaban J connectivity index is 1.14. The summed E-state index contributed by atoms with van der Waals surface area (Å²) in [5.41, 5.74) is 4.86. The highest BCUT2D eigenvalue weighted by atomic mass is 16.5. The molecule has 2 aromatic rings. The first-order valence-corrected chi connectivity index (χ1v) is 12.4. The summed E-state index contributed by atoms with van der Waals surface area (Å²) >= 11 is 0. The van der Waals surface area contributed by atoms with E-state index in [-0.39, 0.29) is 30.0 Å². The van der Waals surface area contributed by atoms with Crippen molar-refractivity contribution < 1.29 is 19.1 Å². The van der Waals surface area contributed by atoms with E-state index in [1.54, 1.807) is 0 Å². The van der Waals surface area contributed by atoms with Gasteiger partial charge in [-0.3, -0.25) is 4.79 Å². The van der Waals surface area contributed by atoms with Crippen molar-refractivity contribution in [1.82, 2.24) is 5.32 Å². The van der Waals surface area contributed by atoms with Crippen LogP contribution in [0.15, 0.2) is 48.5 Å². The summed E-state index contributed by atoms with van der Waals surface area (Å²) in [6, 6.07) is 16.6. The van der Waals surface area contributed by atoms with Crippen LogP contribution in [0, 0.1) is 5.92 Å². The van der Waals surface area contributed by atoms with Crippen LogP contribution in [-0.2, 0) is 14.3 Å². The first-order chi connectivity index (χ1) is 16.1. The number of ether oxygens (including phenoxy) is 2. The number of amides is 1. The maximum atomic E-state index is 12.3. The number of hydrogen-bond donors (Lipinski definition) is 1. The summed E-state index contributed by atoms with van der Waals surface area (Å²) in [6.07, 6.45) is 7.76. The largest absolute Gasteiger partial charge is 0.462 e. The summed E-state index contributed by atoms with van der Waals surface area (Å²) in [5, 5.41) is 2.85. The number of hydrogen-bond acceptors (Lipinski definition) is 4. The molecule has 1 atom stereocenters. The summed E-state index contributed by atoms with van der Waals surface area (Å²) in [7, 11) is 0. The Bertz CT molecular complexity index is 905. The quantitative estimate of drug-likeness (QED) is 0.365. The van der Waals surface area contributed by atoms with Crippen molar-refractivity contribution in [3.8, 4) is 11.1 Å². The monoisotopic (exact) mass is 449 g/mol. The fourth-order valence-electron chi connectivity index (χ4n) is 5.00. The number of nitrogens with one attached hydrogen (secondary N) is 1. The molecule has 1 fully saturated rings. The average molecular weight is 450 g/mol. The molecule has 0 bridgehead atoms. The van der Waals surface area contributed by atoms with Gasteiger partial charge in [0.05, 0.1) is 5.92 Å². The van der Waals surface area contributed by atoms with Gasteiger partial charge in [0, 0.05) is 12.5 Å². The lowest BCUT2D eigenvalue weighted by Crippen LogP contribution is -2.27. The predicted octanol–water partition coefficient (Wildman–Crippen LogP) is 6.21. The molecule has 1 saturated carbocycles. The van der Waals surface area contributed by atoms with Crippen molar-refractivity contribution >= 4 is 12.1 Å². The normalized spacial score (nSPS) is 16.5. The highest BCUT2D eigenvalue weighted by molar-refractivity contribution is 5.79. The SMILES string of the molecule is C[C@@H](CCCCNC(=O)OCC1c2ccccc2-c2ccccc21)C(=O)OC1CCCCC1. The molecule has 2 aliphatic carbocycles. The van der Waals surface area contributed by atoms with E-state index in [4.69, 9.17) is 9.47 Å². The van der Waals surface area contributed by atoms with E-state index in [2.05, 4.69) is 29.6 Å². The molecule has 1 N–H and O–H groups in total. The van der Waals surface area contributed by atoms with Crippen LogP contribution in [0.1, 0.15) is 75.3 Å². The maximum Gasteiger partial charge on any atom is 0.407 e. The molecule has 4 rings (SSSR count). The lowest BCUT2D eigenvalue weighted by atomic mass is 9.97. The van der Waals surface area contributed by atoms with Crippen LogP contribution in [0.5, 0.6) is 0 Å². The second-order valence-electron chi connectivity index (χ2n) is 9.35. The van der Waals surface area contributed by atoms with Gasteiger partial charge in [0.1, 0.15) is 12.7 Å².